The third-order valence-corrected chi connectivity index (χ3v) is 7.58. The molecule has 0 saturated carbocycles. The van der Waals surface area contributed by atoms with E-state index in [4.69, 9.17) is 4.98 Å². The van der Waals surface area contributed by atoms with E-state index in [1.807, 2.05) is 12.3 Å². The zero-order chi connectivity index (χ0) is 19.7. The molecule has 5 nitrogen and oxygen atoms in total. The summed E-state index contributed by atoms with van der Waals surface area (Å²) in [5.74, 6) is -0.550. The Labute approximate surface area is 168 Å². The molecule has 0 spiro atoms. The number of rotatable bonds is 4. The summed E-state index contributed by atoms with van der Waals surface area (Å²) in [5, 5.41) is 2.91. The van der Waals surface area contributed by atoms with Gasteiger partial charge in [-0.2, -0.15) is 4.31 Å². The molecule has 0 atom stereocenters. The van der Waals surface area contributed by atoms with Gasteiger partial charge in [-0.05, 0) is 25.1 Å². The van der Waals surface area contributed by atoms with Crippen LogP contribution in [0.1, 0.15) is 5.56 Å². The molecule has 1 fully saturated rings. The first-order valence-corrected chi connectivity index (χ1v) is 11.3. The van der Waals surface area contributed by atoms with Crippen LogP contribution < -0.4 is 4.90 Å². The lowest BCUT2D eigenvalue weighted by Gasteiger charge is -2.33. The second kappa shape index (κ2) is 7.62. The number of nitrogens with zero attached hydrogens (tertiary/aromatic N) is 3. The molecule has 1 saturated heterocycles. The molecule has 4 rings (SSSR count). The zero-order valence-electron chi connectivity index (χ0n) is 15.4. The minimum Gasteiger partial charge on any atom is -0.345 e. The number of anilines is 1. The first-order chi connectivity index (χ1) is 13.4. The van der Waals surface area contributed by atoms with Crippen molar-refractivity contribution in [2.24, 2.45) is 0 Å². The van der Waals surface area contributed by atoms with Crippen molar-refractivity contribution in [3.63, 3.8) is 0 Å². The van der Waals surface area contributed by atoms with Gasteiger partial charge in [0.05, 0.1) is 10.6 Å². The fourth-order valence-electron chi connectivity index (χ4n) is 3.16. The van der Waals surface area contributed by atoms with Gasteiger partial charge in [0, 0.05) is 37.1 Å². The summed E-state index contributed by atoms with van der Waals surface area (Å²) in [5.41, 5.74) is 3.20. The first kappa shape index (κ1) is 19.0. The van der Waals surface area contributed by atoms with Crippen molar-refractivity contribution in [1.29, 1.82) is 0 Å². The Morgan fingerprint density at radius 3 is 2.43 bits per heavy atom. The fourth-order valence-corrected chi connectivity index (χ4v) is 5.51. The van der Waals surface area contributed by atoms with Crippen molar-refractivity contribution >= 4 is 26.5 Å². The molecule has 0 unspecified atom stereocenters. The number of sulfonamides is 1. The molecule has 146 valence electrons. The average molecular weight is 418 g/mol. The van der Waals surface area contributed by atoms with Gasteiger partial charge < -0.3 is 4.90 Å². The van der Waals surface area contributed by atoms with Crippen LogP contribution in [-0.4, -0.2) is 43.9 Å². The number of halogens is 1. The Morgan fingerprint density at radius 1 is 1.04 bits per heavy atom. The highest BCUT2D eigenvalue weighted by molar-refractivity contribution is 7.89. The molecule has 0 radical (unpaired) electrons. The predicted molar refractivity (Wildman–Crippen MR) is 110 cm³/mol. The van der Waals surface area contributed by atoms with Crippen LogP contribution in [0.4, 0.5) is 9.52 Å². The van der Waals surface area contributed by atoms with Crippen LogP contribution >= 0.6 is 11.3 Å². The van der Waals surface area contributed by atoms with Crippen LogP contribution in [0.15, 0.2) is 58.8 Å². The van der Waals surface area contributed by atoms with E-state index < -0.39 is 15.8 Å². The quantitative estimate of drug-likeness (QED) is 0.649. The van der Waals surface area contributed by atoms with Crippen LogP contribution in [0.25, 0.3) is 11.3 Å². The number of thiazole rings is 1. The summed E-state index contributed by atoms with van der Waals surface area (Å²) in [7, 11) is -3.68. The van der Waals surface area contributed by atoms with E-state index in [2.05, 4.69) is 29.2 Å². The van der Waals surface area contributed by atoms with Gasteiger partial charge in [0.25, 0.3) is 0 Å². The van der Waals surface area contributed by atoms with Crippen LogP contribution in [0.2, 0.25) is 0 Å². The van der Waals surface area contributed by atoms with Crippen molar-refractivity contribution < 1.29 is 12.8 Å². The number of aromatic nitrogens is 1. The average Bonchev–Trinajstić information content (AvgIpc) is 3.19. The van der Waals surface area contributed by atoms with E-state index in [1.165, 1.54) is 28.1 Å². The van der Waals surface area contributed by atoms with Gasteiger partial charge in [0.1, 0.15) is 5.82 Å². The third-order valence-electron chi connectivity index (χ3n) is 4.78. The molecule has 28 heavy (non-hydrogen) atoms. The van der Waals surface area contributed by atoms with E-state index in [9.17, 15) is 12.8 Å². The van der Waals surface area contributed by atoms with Crippen LogP contribution in [-0.2, 0) is 10.0 Å². The molecule has 1 aromatic heterocycles. The van der Waals surface area contributed by atoms with Crippen molar-refractivity contribution in [2.75, 3.05) is 31.1 Å². The van der Waals surface area contributed by atoms with Gasteiger partial charge in [0.2, 0.25) is 10.0 Å². The van der Waals surface area contributed by atoms with Gasteiger partial charge in [-0.1, -0.05) is 35.9 Å². The molecule has 0 amide bonds. The minimum absolute atomic E-state index is 0.00291. The number of hydrogen-bond donors (Lipinski definition) is 0. The monoisotopic (exact) mass is 417 g/mol. The lowest BCUT2D eigenvalue weighted by Crippen LogP contribution is -2.48. The molecule has 8 heteroatoms. The summed E-state index contributed by atoms with van der Waals surface area (Å²) in [6.07, 6.45) is 0. The van der Waals surface area contributed by atoms with Crippen molar-refractivity contribution in [3.05, 3.63) is 65.3 Å². The predicted octanol–water partition coefficient (Wildman–Crippen LogP) is 3.77. The van der Waals surface area contributed by atoms with E-state index in [0.29, 0.717) is 26.2 Å². The number of hydrogen-bond acceptors (Lipinski definition) is 5. The number of piperazine rings is 1. The van der Waals surface area contributed by atoms with Gasteiger partial charge >= 0.3 is 0 Å². The van der Waals surface area contributed by atoms with E-state index in [0.717, 1.165) is 22.5 Å². The summed E-state index contributed by atoms with van der Waals surface area (Å²) in [6.45, 7) is 3.84. The maximum Gasteiger partial charge on any atom is 0.243 e. The molecular formula is C20H20FN3O2S2. The molecule has 3 aromatic rings. The standard InChI is InChI=1S/C20H20FN3O2S2/c1-15-5-7-16(8-6-15)19-14-27-20(22-19)23-9-11-24(12-10-23)28(25,26)18-4-2-3-17(21)13-18/h2-8,13-14H,9-12H2,1H3. The smallest absolute Gasteiger partial charge is 0.243 e. The number of benzene rings is 2. The summed E-state index contributed by atoms with van der Waals surface area (Å²) >= 11 is 1.56. The van der Waals surface area contributed by atoms with E-state index >= 15 is 0 Å². The molecule has 0 N–H and O–H groups in total. The van der Waals surface area contributed by atoms with E-state index in [-0.39, 0.29) is 4.90 Å². The fraction of sp³-hybridized carbons (Fsp3) is 0.250. The highest BCUT2D eigenvalue weighted by atomic mass is 32.2. The first-order valence-electron chi connectivity index (χ1n) is 8.97. The van der Waals surface area contributed by atoms with Crippen LogP contribution in [0, 0.1) is 12.7 Å². The van der Waals surface area contributed by atoms with Gasteiger partial charge in [0.15, 0.2) is 5.13 Å². The lowest BCUT2D eigenvalue weighted by atomic mass is 10.1. The lowest BCUT2D eigenvalue weighted by molar-refractivity contribution is 0.384. The van der Waals surface area contributed by atoms with Gasteiger partial charge in [-0.15, -0.1) is 11.3 Å². The normalized spacial score (nSPS) is 15.7. The molecule has 2 heterocycles. The molecule has 0 aliphatic carbocycles. The SMILES string of the molecule is Cc1ccc(-c2csc(N3CCN(S(=O)(=O)c4cccc(F)c4)CC3)n2)cc1. The van der Waals surface area contributed by atoms with Gasteiger partial charge in [-0.25, -0.2) is 17.8 Å². The number of aryl methyl sites for hydroxylation is 1. The summed E-state index contributed by atoms with van der Waals surface area (Å²) < 4.78 is 40.3. The highest BCUT2D eigenvalue weighted by Crippen LogP contribution is 2.29. The Kier molecular flexibility index (Phi) is 5.18. The Bertz CT molecular complexity index is 1070. The Hall–Kier alpha value is -2.29. The summed E-state index contributed by atoms with van der Waals surface area (Å²) in [6, 6.07) is 13.4. The highest BCUT2D eigenvalue weighted by Gasteiger charge is 2.29. The minimum atomic E-state index is -3.68. The zero-order valence-corrected chi connectivity index (χ0v) is 17.0. The molecular weight excluding hydrogens is 397 g/mol. The van der Waals surface area contributed by atoms with Crippen molar-refractivity contribution in [2.45, 2.75) is 11.8 Å². The topological polar surface area (TPSA) is 53.5 Å². The summed E-state index contributed by atoms with van der Waals surface area (Å²) in [4.78, 5) is 6.81. The molecule has 1 aliphatic heterocycles. The van der Waals surface area contributed by atoms with Gasteiger partial charge in [-0.3, -0.25) is 0 Å². The Balaban J connectivity index is 1.45. The second-order valence-electron chi connectivity index (χ2n) is 6.73. The largest absolute Gasteiger partial charge is 0.345 e. The Morgan fingerprint density at radius 2 is 1.75 bits per heavy atom. The molecule has 1 aliphatic rings. The van der Waals surface area contributed by atoms with Crippen LogP contribution in [0.5, 0.6) is 0 Å². The maximum absolute atomic E-state index is 13.4. The van der Waals surface area contributed by atoms with Crippen LogP contribution in [0.3, 0.4) is 0 Å². The molecule has 2 aromatic carbocycles. The third kappa shape index (κ3) is 3.80. The van der Waals surface area contributed by atoms with E-state index in [1.54, 1.807) is 11.3 Å². The molecule has 0 bridgehead atoms. The second-order valence-corrected chi connectivity index (χ2v) is 9.50. The van der Waals surface area contributed by atoms with Crippen molar-refractivity contribution in [3.8, 4) is 11.3 Å². The van der Waals surface area contributed by atoms with Crippen molar-refractivity contribution in [1.82, 2.24) is 9.29 Å². The maximum atomic E-state index is 13.4.